The number of halogens is 3. The summed E-state index contributed by atoms with van der Waals surface area (Å²) in [4.78, 5) is 0. The monoisotopic (exact) mass is 166 g/mol. The quantitative estimate of drug-likeness (QED) is 0.562. The van der Waals surface area contributed by atoms with Crippen molar-refractivity contribution in [2.24, 2.45) is 0 Å². The largest absolute Gasteiger partial charge is 0.0544 e. The summed E-state index contributed by atoms with van der Waals surface area (Å²) in [6, 6.07) is 0. The van der Waals surface area contributed by atoms with Crippen LogP contribution in [0.5, 0.6) is 0 Å². The van der Waals surface area contributed by atoms with E-state index in [0.717, 1.165) is 0 Å². The predicted octanol–water partition coefficient (Wildman–Crippen LogP) is 3.27. The highest BCUT2D eigenvalue weighted by Gasteiger charge is 2.06. The number of hydrogen-bond donors (Lipinski definition) is 0. The zero-order chi connectivity index (χ0) is 5.21. The Bertz CT molecular complexity index is 38.5. The van der Waals surface area contributed by atoms with Gasteiger partial charge in [0.25, 0.3) is 0 Å². The van der Waals surface area contributed by atoms with Crippen LogP contribution in [0.1, 0.15) is 6.92 Å². The molecule has 0 rings (SSSR count). The van der Waals surface area contributed by atoms with Crippen LogP contribution in [0, 0.1) is 0 Å². The van der Waals surface area contributed by atoms with Crippen LogP contribution < -0.4 is 0 Å². The Labute approximate surface area is 52.6 Å². The predicted molar refractivity (Wildman–Crippen MR) is 35.7 cm³/mol. The van der Waals surface area contributed by atoms with Gasteiger partial charge in [-0.3, -0.25) is 0 Å². The molecule has 0 saturated heterocycles. The standard InChI is InChI=1S/C2H5Cl3S/c1-2-6(3,4)5/h2H2,1H3. The van der Waals surface area contributed by atoms with Crippen LogP contribution in [0.2, 0.25) is 0 Å². The van der Waals surface area contributed by atoms with Crippen LogP contribution in [-0.2, 0) is 0 Å². The first-order valence-electron chi connectivity index (χ1n) is 1.46. The van der Waals surface area contributed by atoms with Gasteiger partial charge in [0, 0.05) is 5.75 Å². The van der Waals surface area contributed by atoms with E-state index in [4.69, 9.17) is 32.0 Å². The van der Waals surface area contributed by atoms with Gasteiger partial charge in [0.2, 0.25) is 0 Å². The van der Waals surface area contributed by atoms with Crippen molar-refractivity contribution >= 4 is 39.7 Å². The van der Waals surface area contributed by atoms with Crippen LogP contribution in [0.3, 0.4) is 0 Å². The lowest BCUT2D eigenvalue weighted by molar-refractivity contribution is 1.53. The van der Waals surface area contributed by atoms with Gasteiger partial charge in [0.1, 0.15) is 0 Å². The van der Waals surface area contributed by atoms with E-state index in [0.29, 0.717) is 5.75 Å². The van der Waals surface area contributed by atoms with Crippen molar-refractivity contribution < 1.29 is 0 Å². The van der Waals surface area contributed by atoms with Gasteiger partial charge in [-0.05, 0) is 39.7 Å². The maximum Gasteiger partial charge on any atom is 0.0136 e. The van der Waals surface area contributed by atoms with Crippen molar-refractivity contribution in [3.8, 4) is 0 Å². The molecule has 0 aromatic rings. The molecule has 0 aliphatic rings. The molecule has 0 atom stereocenters. The zero-order valence-corrected chi connectivity index (χ0v) is 6.33. The van der Waals surface area contributed by atoms with Gasteiger partial charge < -0.3 is 0 Å². The first-order chi connectivity index (χ1) is 2.56. The molecule has 0 aromatic carbocycles. The second-order valence-electron chi connectivity index (χ2n) is 0.791. The summed E-state index contributed by atoms with van der Waals surface area (Å²) in [7, 11) is 14.2. The van der Waals surface area contributed by atoms with E-state index in [1.54, 1.807) is 0 Å². The average Bonchev–Trinajstić information content (AvgIpc) is 1.35. The second kappa shape index (κ2) is 2.51. The SMILES string of the molecule is CCS(Cl)(Cl)Cl. The van der Waals surface area contributed by atoms with Gasteiger partial charge in [-0.25, -0.2) is 0 Å². The molecule has 0 fully saturated rings. The van der Waals surface area contributed by atoms with Crippen LogP contribution in [-0.4, -0.2) is 5.75 Å². The molecule has 0 amide bonds. The summed E-state index contributed by atoms with van der Waals surface area (Å²) >= 11 is 0. The van der Waals surface area contributed by atoms with Gasteiger partial charge >= 0.3 is 0 Å². The second-order valence-corrected chi connectivity index (χ2v) is 8.54. The van der Waals surface area contributed by atoms with Crippen molar-refractivity contribution in [3.05, 3.63) is 0 Å². The topological polar surface area (TPSA) is 0 Å². The minimum atomic E-state index is -1.75. The van der Waals surface area contributed by atoms with Gasteiger partial charge in [0.05, 0.1) is 0 Å². The van der Waals surface area contributed by atoms with E-state index in [9.17, 15) is 0 Å². The molecule has 0 bridgehead atoms. The summed E-state index contributed by atoms with van der Waals surface area (Å²) in [6.45, 7) is 1.85. The Morgan fingerprint density at radius 1 is 1.33 bits per heavy atom. The Morgan fingerprint density at radius 3 is 1.50 bits per heavy atom. The van der Waals surface area contributed by atoms with Crippen molar-refractivity contribution in [2.75, 3.05) is 5.75 Å². The highest BCUT2D eigenvalue weighted by Crippen LogP contribution is 2.62. The minimum absolute atomic E-state index is 0.650. The molecule has 0 radical (unpaired) electrons. The molecule has 0 nitrogen and oxygen atoms in total. The van der Waals surface area contributed by atoms with Crippen molar-refractivity contribution in [3.63, 3.8) is 0 Å². The Hall–Kier alpha value is 1.22. The summed E-state index contributed by atoms with van der Waals surface area (Å²) in [5.41, 5.74) is 0. The summed E-state index contributed by atoms with van der Waals surface area (Å²) in [6.07, 6.45) is 0. The van der Waals surface area contributed by atoms with Crippen LogP contribution in [0.25, 0.3) is 0 Å². The van der Waals surface area contributed by atoms with Crippen molar-refractivity contribution in [1.82, 2.24) is 0 Å². The third kappa shape index (κ3) is 5.22. The van der Waals surface area contributed by atoms with E-state index in [-0.39, 0.29) is 0 Å². The van der Waals surface area contributed by atoms with Gasteiger partial charge in [-0.15, -0.1) is 0 Å². The number of rotatable bonds is 1. The Kier molecular flexibility index (Phi) is 3.02. The van der Waals surface area contributed by atoms with E-state index < -0.39 is 7.67 Å². The third-order valence-electron chi connectivity index (χ3n) is 0.327. The molecular formula is C2H5Cl3S. The Balaban J connectivity index is 3.17. The lowest BCUT2D eigenvalue weighted by Gasteiger charge is -2.09. The fourth-order valence-corrected chi connectivity index (χ4v) is 0. The molecule has 0 aromatic heterocycles. The zero-order valence-electron chi connectivity index (χ0n) is 3.25. The third-order valence-corrected chi connectivity index (χ3v) is 2.95. The fourth-order valence-electron chi connectivity index (χ4n) is 0. The summed E-state index contributed by atoms with van der Waals surface area (Å²) in [5.74, 6) is 0.650. The van der Waals surface area contributed by atoms with E-state index in [1.807, 2.05) is 6.92 Å². The van der Waals surface area contributed by atoms with Crippen molar-refractivity contribution in [1.29, 1.82) is 0 Å². The molecule has 0 aliphatic heterocycles. The molecule has 0 N–H and O–H groups in total. The van der Waals surface area contributed by atoms with Crippen LogP contribution in [0.15, 0.2) is 0 Å². The molecule has 0 heterocycles. The average molecular weight is 167 g/mol. The van der Waals surface area contributed by atoms with Gasteiger partial charge in [-0.1, -0.05) is 6.92 Å². The molecule has 0 spiro atoms. The summed E-state index contributed by atoms with van der Waals surface area (Å²) < 4.78 is 0. The van der Waals surface area contributed by atoms with E-state index in [1.165, 1.54) is 0 Å². The molecular weight excluding hydrogens is 162 g/mol. The van der Waals surface area contributed by atoms with Gasteiger partial charge in [0.15, 0.2) is 0 Å². The van der Waals surface area contributed by atoms with E-state index >= 15 is 0 Å². The molecule has 0 saturated carbocycles. The first kappa shape index (κ1) is 7.22. The lowest BCUT2D eigenvalue weighted by Crippen LogP contribution is -1.68. The normalized spacial score (nSPS) is 14.7. The first-order valence-corrected chi connectivity index (χ1v) is 5.74. The van der Waals surface area contributed by atoms with Gasteiger partial charge in [-0.2, -0.15) is 0 Å². The minimum Gasteiger partial charge on any atom is -0.0544 e. The molecule has 6 heavy (non-hydrogen) atoms. The van der Waals surface area contributed by atoms with Crippen molar-refractivity contribution in [2.45, 2.75) is 6.92 Å². The lowest BCUT2D eigenvalue weighted by atomic mass is 11.0. The van der Waals surface area contributed by atoms with Crippen LogP contribution in [0.4, 0.5) is 0 Å². The fraction of sp³-hybridized carbons (Fsp3) is 1.00. The maximum atomic E-state index is 5.33. The molecule has 40 valence electrons. The van der Waals surface area contributed by atoms with E-state index in [2.05, 4.69) is 0 Å². The molecule has 0 aliphatic carbocycles. The smallest absolute Gasteiger partial charge is 0.0136 e. The van der Waals surface area contributed by atoms with Crippen LogP contribution >= 0.6 is 39.7 Å². The highest BCUT2D eigenvalue weighted by atomic mass is 36.2. The molecule has 4 heteroatoms. The maximum absolute atomic E-state index is 5.33. The summed E-state index contributed by atoms with van der Waals surface area (Å²) in [5, 5.41) is 0. The molecule has 0 unspecified atom stereocenters. The Morgan fingerprint density at radius 2 is 1.50 bits per heavy atom. The number of hydrogen-bond acceptors (Lipinski definition) is 0. The highest BCUT2D eigenvalue weighted by molar-refractivity contribution is 8.79.